The van der Waals surface area contributed by atoms with Gasteiger partial charge in [0.25, 0.3) is 5.91 Å². The molecule has 0 fully saturated rings. The number of para-hydroxylation sites is 1. The molecule has 2 aliphatic heterocycles. The lowest BCUT2D eigenvalue weighted by molar-refractivity contribution is -0.153. The van der Waals surface area contributed by atoms with Gasteiger partial charge in [0.05, 0.1) is 5.92 Å². The summed E-state index contributed by atoms with van der Waals surface area (Å²) in [6.07, 6.45) is 2.36. The number of hydrogen-bond donors (Lipinski definition) is 0. The Kier molecular flexibility index (Phi) is 5.03. The van der Waals surface area contributed by atoms with Gasteiger partial charge in [-0.15, -0.1) is 0 Å². The van der Waals surface area contributed by atoms with E-state index in [0.29, 0.717) is 18.0 Å². The Morgan fingerprint density at radius 1 is 1.19 bits per heavy atom. The van der Waals surface area contributed by atoms with Crippen LogP contribution in [0.1, 0.15) is 17.5 Å². The van der Waals surface area contributed by atoms with Crippen LogP contribution in [-0.2, 0) is 27.2 Å². The molecular formula is C21H20ClNO4. The van der Waals surface area contributed by atoms with E-state index in [4.69, 9.17) is 21.1 Å². The number of aryl methyl sites for hydroxylation is 1. The highest BCUT2D eigenvalue weighted by atomic mass is 35.5. The molecule has 2 aromatic carbocycles. The van der Waals surface area contributed by atoms with Gasteiger partial charge in [-0.25, -0.2) is 0 Å². The summed E-state index contributed by atoms with van der Waals surface area (Å²) < 4.78 is 10.9. The maximum atomic E-state index is 12.6. The molecule has 5 nitrogen and oxygen atoms in total. The molecule has 0 N–H and O–H groups in total. The zero-order valence-corrected chi connectivity index (χ0v) is 15.6. The minimum atomic E-state index is -0.433. The van der Waals surface area contributed by atoms with E-state index in [-0.39, 0.29) is 19.1 Å². The van der Waals surface area contributed by atoms with Crippen LogP contribution in [0.25, 0.3) is 0 Å². The Morgan fingerprint density at radius 3 is 2.93 bits per heavy atom. The zero-order valence-electron chi connectivity index (χ0n) is 14.8. The van der Waals surface area contributed by atoms with E-state index >= 15 is 0 Å². The average molecular weight is 386 g/mol. The summed E-state index contributed by atoms with van der Waals surface area (Å²) in [4.78, 5) is 26.7. The number of fused-ring (bicyclic) bond motifs is 2. The number of hydrogen-bond acceptors (Lipinski definition) is 4. The summed E-state index contributed by atoms with van der Waals surface area (Å²) in [6.45, 7) is 0.631. The van der Waals surface area contributed by atoms with E-state index in [1.54, 1.807) is 23.1 Å². The van der Waals surface area contributed by atoms with Gasteiger partial charge in [-0.05, 0) is 54.7 Å². The van der Waals surface area contributed by atoms with Crippen LogP contribution >= 0.6 is 11.6 Å². The standard InChI is InChI=1S/C21H20ClNO4/c22-17-7-8-19-15(11-17)10-16(12-26-19)21(25)27-13-20(24)23-9-3-5-14-4-1-2-6-18(14)23/h1-2,4,6-8,11,16H,3,5,9-10,12-13H2/t16-/m0/s1. The molecule has 0 unspecified atom stereocenters. The van der Waals surface area contributed by atoms with E-state index in [0.717, 1.165) is 35.4 Å². The van der Waals surface area contributed by atoms with Crippen molar-refractivity contribution in [2.45, 2.75) is 19.3 Å². The van der Waals surface area contributed by atoms with Crippen LogP contribution in [0.3, 0.4) is 0 Å². The lowest BCUT2D eigenvalue weighted by Gasteiger charge is -2.29. The molecule has 0 saturated carbocycles. The van der Waals surface area contributed by atoms with E-state index in [2.05, 4.69) is 0 Å². The summed E-state index contributed by atoms with van der Waals surface area (Å²) in [5, 5.41) is 0.602. The molecule has 0 saturated heterocycles. The highest BCUT2D eigenvalue weighted by Gasteiger charge is 2.29. The topological polar surface area (TPSA) is 55.8 Å². The van der Waals surface area contributed by atoms with E-state index in [1.807, 2.05) is 24.3 Å². The van der Waals surface area contributed by atoms with E-state index < -0.39 is 11.9 Å². The Labute approximate surface area is 162 Å². The fourth-order valence-electron chi connectivity index (χ4n) is 3.64. The molecular weight excluding hydrogens is 366 g/mol. The normalized spacial score (nSPS) is 18.1. The van der Waals surface area contributed by atoms with Crippen LogP contribution < -0.4 is 9.64 Å². The number of anilines is 1. The number of halogens is 1. The molecule has 2 aromatic rings. The Balaban J connectivity index is 1.37. The molecule has 0 radical (unpaired) electrons. The number of carbonyl (C=O) groups is 2. The molecule has 2 heterocycles. The lowest BCUT2D eigenvalue weighted by Crippen LogP contribution is -2.39. The summed E-state index contributed by atoms with van der Waals surface area (Å²) in [6, 6.07) is 13.2. The van der Waals surface area contributed by atoms with Crippen LogP contribution in [0.2, 0.25) is 5.02 Å². The largest absolute Gasteiger partial charge is 0.492 e. The highest BCUT2D eigenvalue weighted by molar-refractivity contribution is 6.30. The third-order valence-corrected chi connectivity index (χ3v) is 5.25. The first kappa shape index (κ1) is 17.9. The first-order valence-electron chi connectivity index (χ1n) is 9.08. The Hall–Kier alpha value is -2.53. The number of esters is 1. The lowest BCUT2D eigenvalue weighted by atomic mass is 9.97. The molecule has 0 spiro atoms. The van der Waals surface area contributed by atoms with Crippen molar-refractivity contribution < 1.29 is 19.1 Å². The van der Waals surface area contributed by atoms with Crippen molar-refractivity contribution in [3.8, 4) is 5.75 Å². The fraction of sp³-hybridized carbons (Fsp3) is 0.333. The molecule has 4 rings (SSSR count). The number of rotatable bonds is 3. The summed E-state index contributed by atoms with van der Waals surface area (Å²) in [5.41, 5.74) is 2.94. The number of benzene rings is 2. The molecule has 27 heavy (non-hydrogen) atoms. The van der Waals surface area contributed by atoms with Gasteiger partial charge >= 0.3 is 5.97 Å². The van der Waals surface area contributed by atoms with Crippen molar-refractivity contribution in [3.05, 3.63) is 58.6 Å². The van der Waals surface area contributed by atoms with Gasteiger partial charge in [-0.2, -0.15) is 0 Å². The Morgan fingerprint density at radius 2 is 2.04 bits per heavy atom. The Bertz CT molecular complexity index is 882. The number of nitrogens with zero attached hydrogens (tertiary/aromatic N) is 1. The van der Waals surface area contributed by atoms with Crippen LogP contribution in [0.5, 0.6) is 5.75 Å². The smallest absolute Gasteiger partial charge is 0.313 e. The number of amides is 1. The molecule has 6 heteroatoms. The molecule has 1 atom stereocenters. The van der Waals surface area contributed by atoms with Crippen LogP contribution in [0, 0.1) is 5.92 Å². The second-order valence-electron chi connectivity index (χ2n) is 6.85. The predicted octanol–water partition coefficient (Wildman–Crippen LogP) is 3.41. The molecule has 0 aliphatic carbocycles. The third kappa shape index (κ3) is 3.78. The van der Waals surface area contributed by atoms with E-state index in [9.17, 15) is 9.59 Å². The first-order valence-corrected chi connectivity index (χ1v) is 9.46. The molecule has 0 bridgehead atoms. The van der Waals surface area contributed by atoms with Crippen molar-refractivity contribution in [1.29, 1.82) is 0 Å². The van der Waals surface area contributed by atoms with Crippen LogP contribution in [-0.4, -0.2) is 31.6 Å². The van der Waals surface area contributed by atoms with Gasteiger partial charge in [-0.1, -0.05) is 29.8 Å². The van der Waals surface area contributed by atoms with Gasteiger partial charge in [0.15, 0.2) is 6.61 Å². The molecule has 0 aromatic heterocycles. The van der Waals surface area contributed by atoms with Crippen molar-refractivity contribution in [2.24, 2.45) is 5.92 Å². The van der Waals surface area contributed by atoms with Crippen molar-refractivity contribution in [2.75, 3.05) is 24.7 Å². The minimum Gasteiger partial charge on any atom is -0.492 e. The fourth-order valence-corrected chi connectivity index (χ4v) is 3.83. The van der Waals surface area contributed by atoms with Gasteiger partial charge in [0.2, 0.25) is 0 Å². The second-order valence-corrected chi connectivity index (χ2v) is 7.29. The number of carbonyl (C=O) groups excluding carboxylic acids is 2. The van der Waals surface area contributed by atoms with Crippen LogP contribution in [0.15, 0.2) is 42.5 Å². The monoisotopic (exact) mass is 385 g/mol. The molecule has 140 valence electrons. The summed E-state index contributed by atoms with van der Waals surface area (Å²) in [5.74, 6) is -0.309. The highest BCUT2D eigenvalue weighted by Crippen LogP contribution is 2.30. The van der Waals surface area contributed by atoms with Gasteiger partial charge in [0.1, 0.15) is 12.4 Å². The van der Waals surface area contributed by atoms with Crippen molar-refractivity contribution in [1.82, 2.24) is 0 Å². The summed E-state index contributed by atoms with van der Waals surface area (Å²) >= 11 is 6.01. The van der Waals surface area contributed by atoms with Crippen molar-refractivity contribution >= 4 is 29.2 Å². The van der Waals surface area contributed by atoms with Gasteiger partial charge < -0.3 is 14.4 Å². The maximum absolute atomic E-state index is 12.6. The van der Waals surface area contributed by atoms with Gasteiger partial charge in [0, 0.05) is 17.3 Å². The first-order chi connectivity index (χ1) is 13.1. The predicted molar refractivity (Wildman–Crippen MR) is 102 cm³/mol. The number of ether oxygens (including phenoxy) is 2. The SMILES string of the molecule is O=C(OCC(=O)N1CCCc2ccccc21)[C@@H]1COc2ccc(Cl)cc2C1. The van der Waals surface area contributed by atoms with Crippen LogP contribution in [0.4, 0.5) is 5.69 Å². The maximum Gasteiger partial charge on any atom is 0.313 e. The third-order valence-electron chi connectivity index (χ3n) is 5.01. The quantitative estimate of drug-likeness (QED) is 0.760. The molecule has 1 amide bonds. The van der Waals surface area contributed by atoms with Crippen molar-refractivity contribution in [3.63, 3.8) is 0 Å². The average Bonchev–Trinajstić information content (AvgIpc) is 2.70. The molecule has 2 aliphatic rings. The minimum absolute atomic E-state index is 0.198. The van der Waals surface area contributed by atoms with Gasteiger partial charge in [-0.3, -0.25) is 9.59 Å². The van der Waals surface area contributed by atoms with E-state index in [1.165, 1.54) is 0 Å². The zero-order chi connectivity index (χ0) is 18.8. The second kappa shape index (κ2) is 7.61. The summed E-state index contributed by atoms with van der Waals surface area (Å²) in [7, 11) is 0.